The van der Waals surface area contributed by atoms with E-state index in [9.17, 15) is 5.11 Å². The first-order valence-corrected chi connectivity index (χ1v) is 6.99. The Morgan fingerprint density at radius 3 is 2.16 bits per heavy atom. The lowest BCUT2D eigenvalue weighted by atomic mass is 9.99. The predicted octanol–water partition coefficient (Wildman–Crippen LogP) is 3.70. The Morgan fingerprint density at radius 2 is 1.53 bits per heavy atom. The second kappa shape index (κ2) is 6.53. The molecule has 2 aromatic rings. The lowest BCUT2D eigenvalue weighted by Gasteiger charge is -2.11. The minimum Gasteiger partial charge on any atom is -0.392 e. The quantitative estimate of drug-likeness (QED) is 0.862. The Bertz CT molecular complexity index is 513. The molecule has 0 spiro atoms. The highest BCUT2D eigenvalue weighted by atomic mass is 16.3. The fourth-order valence-corrected chi connectivity index (χ4v) is 2.37. The van der Waals surface area contributed by atoms with E-state index in [2.05, 4.69) is 56.3 Å². The van der Waals surface area contributed by atoms with Crippen LogP contribution in [0.4, 0.5) is 0 Å². The van der Waals surface area contributed by atoms with Crippen LogP contribution < -0.4 is 0 Å². The van der Waals surface area contributed by atoms with Gasteiger partial charge in [-0.25, -0.2) is 0 Å². The Balaban J connectivity index is 1.95. The first-order chi connectivity index (χ1) is 9.17. The van der Waals surface area contributed by atoms with Gasteiger partial charge in [-0.1, -0.05) is 61.0 Å². The molecule has 2 aromatic carbocycles. The number of hydrogen-bond donors (Lipinski definition) is 1. The van der Waals surface area contributed by atoms with Crippen molar-refractivity contribution in [2.45, 2.75) is 39.2 Å². The molecule has 0 aromatic heterocycles. The van der Waals surface area contributed by atoms with Crippen LogP contribution >= 0.6 is 0 Å². The summed E-state index contributed by atoms with van der Waals surface area (Å²) in [5.41, 5.74) is 5.00. The topological polar surface area (TPSA) is 20.2 Å². The van der Waals surface area contributed by atoms with E-state index in [1.807, 2.05) is 6.07 Å². The average molecular weight is 254 g/mol. The molecule has 0 saturated heterocycles. The molecule has 0 amide bonds. The molecule has 0 fully saturated rings. The number of aliphatic hydroxyl groups is 1. The number of aryl methyl sites for hydroxylation is 2. The van der Waals surface area contributed by atoms with Crippen molar-refractivity contribution in [2.75, 3.05) is 0 Å². The highest BCUT2D eigenvalue weighted by Gasteiger charge is 2.07. The molecule has 1 unspecified atom stereocenters. The van der Waals surface area contributed by atoms with Crippen LogP contribution in [0.5, 0.6) is 0 Å². The highest BCUT2D eigenvalue weighted by Crippen LogP contribution is 2.12. The van der Waals surface area contributed by atoms with Crippen molar-refractivity contribution in [3.63, 3.8) is 0 Å². The van der Waals surface area contributed by atoms with E-state index in [4.69, 9.17) is 0 Å². The van der Waals surface area contributed by atoms with E-state index in [-0.39, 0.29) is 6.10 Å². The zero-order chi connectivity index (χ0) is 13.7. The first kappa shape index (κ1) is 13.8. The van der Waals surface area contributed by atoms with Crippen LogP contribution in [0.15, 0.2) is 48.5 Å². The lowest BCUT2D eigenvalue weighted by Crippen LogP contribution is -2.14. The Hall–Kier alpha value is -1.60. The summed E-state index contributed by atoms with van der Waals surface area (Å²) in [7, 11) is 0. The zero-order valence-electron chi connectivity index (χ0n) is 11.8. The van der Waals surface area contributed by atoms with Crippen molar-refractivity contribution in [1.29, 1.82) is 0 Å². The van der Waals surface area contributed by atoms with Crippen molar-refractivity contribution in [1.82, 2.24) is 0 Å². The monoisotopic (exact) mass is 254 g/mol. The molecule has 0 bridgehead atoms. The first-order valence-electron chi connectivity index (χ1n) is 6.99. The third-order valence-electron chi connectivity index (χ3n) is 3.46. The molecule has 1 heteroatoms. The third-order valence-corrected chi connectivity index (χ3v) is 3.46. The summed E-state index contributed by atoms with van der Waals surface area (Å²) in [5, 5.41) is 10.2. The van der Waals surface area contributed by atoms with Crippen LogP contribution in [-0.4, -0.2) is 11.2 Å². The molecule has 0 aliphatic carbocycles. The SMILES string of the molecule is CCc1ccc(CC(O)Cc2cccc(C)c2)cc1. The Labute approximate surface area is 115 Å². The number of aliphatic hydroxyl groups excluding tert-OH is 1. The van der Waals surface area contributed by atoms with Gasteiger partial charge in [-0.15, -0.1) is 0 Å². The van der Waals surface area contributed by atoms with Gasteiger partial charge in [0, 0.05) is 0 Å². The van der Waals surface area contributed by atoms with Gasteiger partial charge in [0.15, 0.2) is 0 Å². The molecule has 2 rings (SSSR count). The smallest absolute Gasteiger partial charge is 0.0620 e. The van der Waals surface area contributed by atoms with E-state index in [0.717, 1.165) is 19.3 Å². The van der Waals surface area contributed by atoms with Crippen LogP contribution in [0.2, 0.25) is 0 Å². The molecule has 0 aliphatic rings. The number of hydrogen-bond acceptors (Lipinski definition) is 1. The molecule has 1 nitrogen and oxygen atoms in total. The van der Waals surface area contributed by atoms with E-state index < -0.39 is 0 Å². The fourth-order valence-electron chi connectivity index (χ4n) is 2.37. The van der Waals surface area contributed by atoms with Gasteiger partial charge in [-0.05, 0) is 42.9 Å². The van der Waals surface area contributed by atoms with Gasteiger partial charge in [0.2, 0.25) is 0 Å². The second-order valence-electron chi connectivity index (χ2n) is 5.22. The van der Waals surface area contributed by atoms with Gasteiger partial charge < -0.3 is 5.11 Å². The lowest BCUT2D eigenvalue weighted by molar-refractivity contribution is 0.175. The van der Waals surface area contributed by atoms with E-state index >= 15 is 0 Å². The standard InChI is InChI=1S/C18H22O/c1-3-15-7-9-16(10-8-15)12-18(19)13-17-6-4-5-14(2)11-17/h4-11,18-19H,3,12-13H2,1-2H3. The maximum Gasteiger partial charge on any atom is 0.0620 e. The van der Waals surface area contributed by atoms with E-state index in [1.54, 1.807) is 0 Å². The summed E-state index contributed by atoms with van der Waals surface area (Å²) in [5.74, 6) is 0. The Morgan fingerprint density at radius 1 is 0.895 bits per heavy atom. The molecular weight excluding hydrogens is 232 g/mol. The van der Waals surface area contributed by atoms with Gasteiger partial charge in [0.25, 0.3) is 0 Å². The fraction of sp³-hybridized carbons (Fsp3) is 0.333. The van der Waals surface area contributed by atoms with Crippen molar-refractivity contribution in [3.05, 3.63) is 70.8 Å². The van der Waals surface area contributed by atoms with Gasteiger partial charge in [0.05, 0.1) is 6.10 Å². The normalized spacial score (nSPS) is 12.4. The van der Waals surface area contributed by atoms with Crippen LogP contribution in [0.1, 0.15) is 29.2 Å². The van der Waals surface area contributed by atoms with Gasteiger partial charge >= 0.3 is 0 Å². The molecule has 0 saturated carbocycles. The summed E-state index contributed by atoms with van der Waals surface area (Å²) >= 11 is 0. The molecule has 0 radical (unpaired) electrons. The highest BCUT2D eigenvalue weighted by molar-refractivity contribution is 5.25. The van der Waals surface area contributed by atoms with Gasteiger partial charge in [-0.2, -0.15) is 0 Å². The molecule has 19 heavy (non-hydrogen) atoms. The summed E-state index contributed by atoms with van der Waals surface area (Å²) < 4.78 is 0. The molecule has 1 N–H and O–H groups in total. The van der Waals surface area contributed by atoms with Crippen LogP contribution in [0.3, 0.4) is 0 Å². The second-order valence-corrected chi connectivity index (χ2v) is 5.22. The average Bonchev–Trinajstić information content (AvgIpc) is 2.39. The maximum absolute atomic E-state index is 10.2. The molecule has 0 heterocycles. The summed E-state index contributed by atoms with van der Waals surface area (Å²) in [6.45, 7) is 4.24. The van der Waals surface area contributed by atoms with Crippen molar-refractivity contribution >= 4 is 0 Å². The van der Waals surface area contributed by atoms with Gasteiger partial charge in [-0.3, -0.25) is 0 Å². The van der Waals surface area contributed by atoms with Crippen LogP contribution in [0.25, 0.3) is 0 Å². The molecule has 1 atom stereocenters. The number of rotatable bonds is 5. The largest absolute Gasteiger partial charge is 0.392 e. The third kappa shape index (κ3) is 4.22. The summed E-state index contributed by atoms with van der Waals surface area (Å²) in [6.07, 6.45) is 2.19. The molecular formula is C18H22O. The van der Waals surface area contributed by atoms with Crippen LogP contribution in [0, 0.1) is 6.92 Å². The minimum absolute atomic E-state index is 0.311. The maximum atomic E-state index is 10.2. The van der Waals surface area contributed by atoms with E-state index in [1.165, 1.54) is 22.3 Å². The minimum atomic E-state index is -0.311. The summed E-state index contributed by atoms with van der Waals surface area (Å²) in [4.78, 5) is 0. The number of benzene rings is 2. The van der Waals surface area contributed by atoms with Crippen molar-refractivity contribution in [2.24, 2.45) is 0 Å². The predicted molar refractivity (Wildman–Crippen MR) is 80.4 cm³/mol. The van der Waals surface area contributed by atoms with Crippen molar-refractivity contribution < 1.29 is 5.11 Å². The Kier molecular flexibility index (Phi) is 4.75. The summed E-state index contributed by atoms with van der Waals surface area (Å²) in [6, 6.07) is 16.9. The van der Waals surface area contributed by atoms with Crippen LogP contribution in [-0.2, 0) is 19.3 Å². The molecule has 100 valence electrons. The molecule has 0 aliphatic heterocycles. The van der Waals surface area contributed by atoms with Gasteiger partial charge in [0.1, 0.15) is 0 Å². The zero-order valence-corrected chi connectivity index (χ0v) is 11.8. The van der Waals surface area contributed by atoms with E-state index in [0.29, 0.717) is 0 Å². The van der Waals surface area contributed by atoms with Crippen molar-refractivity contribution in [3.8, 4) is 0 Å².